The van der Waals surface area contributed by atoms with Crippen LogP contribution in [0.5, 0.6) is 5.75 Å². The lowest BCUT2D eigenvalue weighted by Gasteiger charge is -2.24. The number of hydrogen-bond donors (Lipinski definition) is 1. The Morgan fingerprint density at radius 3 is 2.17 bits per heavy atom. The standard InChI is InChI=1S/C21H26N2O6S/c1-4-14-29-19-10-8-18(9-11-19)23(15-21(25)28-5-2)30(26,27)20-12-6-17(7-13-20)22-16(3)24/h6-13H,4-5,14-15H2,1-3H3,(H,22,24). The van der Waals surface area contributed by atoms with Gasteiger partial charge < -0.3 is 14.8 Å². The number of nitrogens with one attached hydrogen (secondary N) is 1. The van der Waals surface area contributed by atoms with Crippen LogP contribution in [0, 0.1) is 0 Å². The summed E-state index contributed by atoms with van der Waals surface area (Å²) in [4.78, 5) is 23.2. The Morgan fingerprint density at radius 2 is 1.63 bits per heavy atom. The third kappa shape index (κ3) is 6.21. The van der Waals surface area contributed by atoms with Gasteiger partial charge in [-0.1, -0.05) is 6.92 Å². The number of hydrogen-bond acceptors (Lipinski definition) is 6. The van der Waals surface area contributed by atoms with E-state index < -0.39 is 22.5 Å². The molecule has 0 spiro atoms. The van der Waals surface area contributed by atoms with Crippen molar-refractivity contribution in [2.24, 2.45) is 0 Å². The van der Waals surface area contributed by atoms with Gasteiger partial charge in [0.25, 0.3) is 10.0 Å². The zero-order chi connectivity index (χ0) is 22.1. The molecule has 1 amide bonds. The van der Waals surface area contributed by atoms with Crippen LogP contribution in [0.2, 0.25) is 0 Å². The largest absolute Gasteiger partial charge is 0.494 e. The van der Waals surface area contributed by atoms with Crippen molar-refractivity contribution in [3.63, 3.8) is 0 Å². The van der Waals surface area contributed by atoms with Gasteiger partial charge in [-0.2, -0.15) is 0 Å². The second-order valence-corrected chi connectivity index (χ2v) is 8.23. The smallest absolute Gasteiger partial charge is 0.326 e. The molecule has 2 aromatic rings. The predicted octanol–water partition coefficient (Wildman–Crippen LogP) is 3.19. The van der Waals surface area contributed by atoms with Crippen LogP contribution >= 0.6 is 0 Å². The van der Waals surface area contributed by atoms with Crippen molar-refractivity contribution in [3.05, 3.63) is 48.5 Å². The highest BCUT2D eigenvalue weighted by molar-refractivity contribution is 7.92. The molecule has 8 nitrogen and oxygen atoms in total. The molecule has 0 fully saturated rings. The van der Waals surface area contributed by atoms with Gasteiger partial charge in [0.15, 0.2) is 0 Å². The summed E-state index contributed by atoms with van der Waals surface area (Å²) in [5.41, 5.74) is 0.772. The average Bonchev–Trinajstić information content (AvgIpc) is 2.71. The van der Waals surface area contributed by atoms with Crippen LogP contribution in [0.4, 0.5) is 11.4 Å². The van der Waals surface area contributed by atoms with Gasteiger partial charge in [-0.15, -0.1) is 0 Å². The first-order valence-electron chi connectivity index (χ1n) is 9.56. The fraction of sp³-hybridized carbons (Fsp3) is 0.333. The van der Waals surface area contributed by atoms with Gasteiger partial charge in [-0.25, -0.2) is 8.42 Å². The SMILES string of the molecule is CCCOc1ccc(N(CC(=O)OCC)S(=O)(=O)c2ccc(NC(C)=O)cc2)cc1. The number of carbonyl (C=O) groups is 2. The summed E-state index contributed by atoms with van der Waals surface area (Å²) in [5.74, 6) is -0.323. The van der Waals surface area contributed by atoms with Crippen molar-refractivity contribution in [1.82, 2.24) is 0 Å². The first-order chi connectivity index (χ1) is 14.3. The van der Waals surface area contributed by atoms with Gasteiger partial charge in [0.2, 0.25) is 5.91 Å². The molecular weight excluding hydrogens is 408 g/mol. The molecule has 0 saturated carbocycles. The molecule has 2 rings (SSSR count). The highest BCUT2D eigenvalue weighted by atomic mass is 32.2. The predicted molar refractivity (Wildman–Crippen MR) is 114 cm³/mol. The minimum absolute atomic E-state index is 0.0211. The molecule has 0 heterocycles. The molecular formula is C21H26N2O6S. The fourth-order valence-corrected chi connectivity index (χ4v) is 4.02. The molecule has 0 bridgehead atoms. The van der Waals surface area contributed by atoms with E-state index in [1.807, 2.05) is 6.92 Å². The van der Waals surface area contributed by atoms with E-state index in [0.717, 1.165) is 10.7 Å². The maximum absolute atomic E-state index is 13.3. The Morgan fingerprint density at radius 1 is 1.00 bits per heavy atom. The number of benzene rings is 2. The molecule has 0 atom stereocenters. The van der Waals surface area contributed by atoms with Crippen molar-refractivity contribution in [3.8, 4) is 5.75 Å². The van der Waals surface area contributed by atoms with Gasteiger partial charge >= 0.3 is 5.97 Å². The number of rotatable bonds is 10. The van der Waals surface area contributed by atoms with E-state index in [1.165, 1.54) is 31.2 Å². The summed E-state index contributed by atoms with van der Waals surface area (Å²) >= 11 is 0. The minimum Gasteiger partial charge on any atom is -0.494 e. The molecule has 30 heavy (non-hydrogen) atoms. The zero-order valence-corrected chi connectivity index (χ0v) is 18.1. The van der Waals surface area contributed by atoms with Crippen LogP contribution in [0.3, 0.4) is 0 Å². The monoisotopic (exact) mass is 434 g/mol. The highest BCUT2D eigenvalue weighted by Crippen LogP contribution is 2.26. The van der Waals surface area contributed by atoms with Crippen LogP contribution in [0.1, 0.15) is 27.2 Å². The van der Waals surface area contributed by atoms with Crippen molar-refractivity contribution in [1.29, 1.82) is 0 Å². The number of nitrogens with zero attached hydrogens (tertiary/aromatic N) is 1. The molecule has 0 unspecified atom stereocenters. The van der Waals surface area contributed by atoms with Gasteiger partial charge in [0, 0.05) is 12.6 Å². The van der Waals surface area contributed by atoms with Crippen LogP contribution in [0.15, 0.2) is 53.4 Å². The van der Waals surface area contributed by atoms with E-state index in [4.69, 9.17) is 9.47 Å². The fourth-order valence-electron chi connectivity index (χ4n) is 2.61. The second kappa shape index (κ2) is 10.6. The molecule has 0 aliphatic carbocycles. The summed E-state index contributed by atoms with van der Waals surface area (Å²) in [7, 11) is -4.06. The second-order valence-electron chi connectivity index (χ2n) is 6.36. The molecule has 0 aliphatic heterocycles. The summed E-state index contributed by atoms with van der Waals surface area (Å²) in [6.45, 7) is 5.21. The van der Waals surface area contributed by atoms with Crippen LogP contribution < -0.4 is 14.4 Å². The van der Waals surface area contributed by atoms with E-state index >= 15 is 0 Å². The van der Waals surface area contributed by atoms with Crippen molar-refractivity contribution >= 4 is 33.3 Å². The first kappa shape index (κ1) is 23.2. The third-order valence-corrected chi connectivity index (χ3v) is 5.73. The highest BCUT2D eigenvalue weighted by Gasteiger charge is 2.28. The normalized spacial score (nSPS) is 10.9. The van der Waals surface area contributed by atoms with E-state index in [9.17, 15) is 18.0 Å². The van der Waals surface area contributed by atoms with E-state index in [-0.39, 0.29) is 17.4 Å². The number of amides is 1. The summed E-state index contributed by atoms with van der Waals surface area (Å²) in [6.07, 6.45) is 0.847. The lowest BCUT2D eigenvalue weighted by molar-refractivity contribution is -0.141. The number of sulfonamides is 1. The van der Waals surface area contributed by atoms with Crippen molar-refractivity contribution in [2.75, 3.05) is 29.4 Å². The molecule has 2 aromatic carbocycles. The van der Waals surface area contributed by atoms with E-state index in [0.29, 0.717) is 23.7 Å². The Hall–Kier alpha value is -3.07. The van der Waals surface area contributed by atoms with Crippen LogP contribution in [-0.2, 0) is 24.3 Å². The maximum Gasteiger partial charge on any atom is 0.326 e. The molecule has 0 aliphatic rings. The third-order valence-electron chi connectivity index (χ3n) is 3.94. The Bertz CT molecular complexity index is 956. The number of ether oxygens (including phenoxy) is 2. The quantitative estimate of drug-likeness (QED) is 0.576. The lowest BCUT2D eigenvalue weighted by atomic mass is 10.3. The Kier molecular flexibility index (Phi) is 8.23. The summed E-state index contributed by atoms with van der Waals surface area (Å²) in [6, 6.07) is 12.2. The minimum atomic E-state index is -4.06. The van der Waals surface area contributed by atoms with Crippen molar-refractivity contribution < 1.29 is 27.5 Å². The van der Waals surface area contributed by atoms with Gasteiger partial charge in [0.05, 0.1) is 23.8 Å². The molecule has 0 saturated heterocycles. The number of anilines is 2. The maximum atomic E-state index is 13.3. The topological polar surface area (TPSA) is 102 Å². The zero-order valence-electron chi connectivity index (χ0n) is 17.3. The molecule has 0 radical (unpaired) electrons. The molecule has 9 heteroatoms. The first-order valence-corrected chi connectivity index (χ1v) is 11.0. The Labute approximate surface area is 176 Å². The summed E-state index contributed by atoms with van der Waals surface area (Å²) < 4.78 is 38.0. The number of esters is 1. The van der Waals surface area contributed by atoms with Gasteiger partial charge in [-0.3, -0.25) is 13.9 Å². The molecule has 0 aromatic heterocycles. The van der Waals surface area contributed by atoms with Gasteiger partial charge in [0.1, 0.15) is 12.3 Å². The molecule has 1 N–H and O–H groups in total. The van der Waals surface area contributed by atoms with Crippen molar-refractivity contribution in [2.45, 2.75) is 32.1 Å². The molecule has 162 valence electrons. The van der Waals surface area contributed by atoms with Gasteiger partial charge in [-0.05, 0) is 61.9 Å². The lowest BCUT2D eigenvalue weighted by Crippen LogP contribution is -2.36. The van der Waals surface area contributed by atoms with E-state index in [2.05, 4.69) is 5.32 Å². The van der Waals surface area contributed by atoms with E-state index in [1.54, 1.807) is 31.2 Å². The summed E-state index contributed by atoms with van der Waals surface area (Å²) in [5, 5.41) is 2.58. The average molecular weight is 435 g/mol. The number of carbonyl (C=O) groups excluding carboxylic acids is 2. The van der Waals surface area contributed by atoms with Crippen LogP contribution in [0.25, 0.3) is 0 Å². The van der Waals surface area contributed by atoms with Crippen LogP contribution in [-0.4, -0.2) is 40.1 Å². The Balaban J connectivity index is 2.37.